The summed E-state index contributed by atoms with van der Waals surface area (Å²) in [7, 11) is 1.76. The van der Waals surface area contributed by atoms with Crippen LogP contribution in [0, 0.1) is 11.8 Å². The van der Waals surface area contributed by atoms with Gasteiger partial charge in [-0.25, -0.2) is 0 Å². The summed E-state index contributed by atoms with van der Waals surface area (Å²) in [6.45, 7) is 10.2. The quantitative estimate of drug-likeness (QED) is 0.196. The summed E-state index contributed by atoms with van der Waals surface area (Å²) in [6.07, 6.45) is 9.40. The lowest BCUT2D eigenvalue weighted by molar-refractivity contribution is 0.138. The lowest BCUT2D eigenvalue weighted by Crippen LogP contribution is -2.55. The fraction of sp³-hybridized carbons (Fsp3) is 0.760. The molecule has 0 spiro atoms. The molecule has 1 aromatic carbocycles. The van der Waals surface area contributed by atoms with Crippen LogP contribution in [-0.2, 0) is 13.3 Å². The molecule has 7 heteroatoms. The lowest BCUT2D eigenvalue weighted by Gasteiger charge is -2.28. The van der Waals surface area contributed by atoms with Gasteiger partial charge in [0.1, 0.15) is 11.5 Å². The molecule has 0 aliphatic rings. The van der Waals surface area contributed by atoms with Crippen molar-refractivity contribution < 1.29 is 22.8 Å². The third-order valence-electron chi connectivity index (χ3n) is 6.21. The Balaban J connectivity index is 3.19. The number of rotatable bonds is 18. The standard InChI is InChI=1S/C25H45BrO5Si/c1-8-12-14-20(10-3)18-30-23-17-25(32(27-5,28-6)29-7)24(16-22(23)26)31-19-21(11-4)15-13-9-2/h16-17,20-21H,8-15,18-19H2,1-7H3. The normalized spacial score (nSPS) is 13.8. The van der Waals surface area contributed by atoms with Crippen LogP contribution >= 0.6 is 15.9 Å². The molecule has 0 saturated carbocycles. The number of halogens is 1. The Hall–Kier alpha value is -0.603. The van der Waals surface area contributed by atoms with Gasteiger partial charge >= 0.3 is 8.80 Å². The van der Waals surface area contributed by atoms with Gasteiger partial charge < -0.3 is 22.8 Å². The van der Waals surface area contributed by atoms with Gasteiger partial charge in [0.2, 0.25) is 0 Å². The molecule has 0 radical (unpaired) electrons. The molecule has 0 fully saturated rings. The van der Waals surface area contributed by atoms with Gasteiger partial charge in [-0.1, -0.05) is 66.2 Å². The highest BCUT2D eigenvalue weighted by molar-refractivity contribution is 9.10. The average molecular weight is 534 g/mol. The molecule has 1 rings (SSSR count). The van der Waals surface area contributed by atoms with Gasteiger partial charge in [0.25, 0.3) is 0 Å². The van der Waals surface area contributed by atoms with Crippen LogP contribution in [0.2, 0.25) is 0 Å². The van der Waals surface area contributed by atoms with E-state index in [1.807, 2.05) is 12.1 Å². The molecule has 0 saturated heterocycles. The molecule has 0 N–H and O–H groups in total. The van der Waals surface area contributed by atoms with Crippen LogP contribution in [0.25, 0.3) is 0 Å². The van der Waals surface area contributed by atoms with Gasteiger partial charge in [0.05, 0.1) is 22.9 Å². The Morgan fingerprint density at radius 3 is 1.62 bits per heavy atom. The third kappa shape index (κ3) is 8.63. The average Bonchev–Trinajstić information content (AvgIpc) is 2.82. The van der Waals surface area contributed by atoms with Crippen molar-refractivity contribution in [3.05, 3.63) is 16.6 Å². The summed E-state index contributed by atoms with van der Waals surface area (Å²) in [5, 5.41) is 0.801. The van der Waals surface area contributed by atoms with E-state index in [4.69, 9.17) is 22.8 Å². The Labute approximate surface area is 206 Å². The number of ether oxygens (including phenoxy) is 2. The minimum atomic E-state index is -3.11. The van der Waals surface area contributed by atoms with E-state index in [0.29, 0.717) is 25.0 Å². The second kappa shape index (κ2) is 16.1. The summed E-state index contributed by atoms with van der Waals surface area (Å²) >= 11 is 3.69. The number of unbranched alkanes of at least 4 members (excludes halogenated alkanes) is 2. The van der Waals surface area contributed by atoms with E-state index in [2.05, 4.69) is 43.6 Å². The van der Waals surface area contributed by atoms with Gasteiger partial charge in [-0.15, -0.1) is 0 Å². The van der Waals surface area contributed by atoms with Crippen LogP contribution in [0.3, 0.4) is 0 Å². The first-order valence-electron chi connectivity index (χ1n) is 12.2. The van der Waals surface area contributed by atoms with Gasteiger partial charge in [0, 0.05) is 21.3 Å². The Morgan fingerprint density at radius 1 is 0.750 bits per heavy atom. The Kier molecular flexibility index (Phi) is 14.8. The second-order valence-corrected chi connectivity index (χ2v) is 12.1. The van der Waals surface area contributed by atoms with Crippen molar-refractivity contribution in [2.75, 3.05) is 34.5 Å². The molecule has 2 atom stereocenters. The van der Waals surface area contributed by atoms with E-state index in [9.17, 15) is 0 Å². The van der Waals surface area contributed by atoms with E-state index in [0.717, 1.165) is 34.0 Å². The highest BCUT2D eigenvalue weighted by Crippen LogP contribution is 2.32. The maximum absolute atomic E-state index is 6.34. The summed E-state index contributed by atoms with van der Waals surface area (Å²) in [5.74, 6) is 2.56. The van der Waals surface area contributed by atoms with Gasteiger partial charge in [-0.05, 0) is 52.7 Å². The van der Waals surface area contributed by atoms with E-state index in [1.54, 1.807) is 21.3 Å². The van der Waals surface area contributed by atoms with E-state index in [-0.39, 0.29) is 0 Å². The minimum absolute atomic E-state index is 0.519. The van der Waals surface area contributed by atoms with Crippen LogP contribution < -0.4 is 14.7 Å². The predicted molar refractivity (Wildman–Crippen MR) is 138 cm³/mol. The first-order chi connectivity index (χ1) is 15.4. The topological polar surface area (TPSA) is 46.2 Å². The first kappa shape index (κ1) is 29.4. The molecule has 0 aliphatic carbocycles. The van der Waals surface area contributed by atoms with Crippen LogP contribution in [0.5, 0.6) is 11.5 Å². The molecular formula is C25H45BrO5Si. The smallest absolute Gasteiger partial charge is 0.493 e. The molecule has 2 unspecified atom stereocenters. The van der Waals surface area contributed by atoms with Crippen molar-refractivity contribution in [2.45, 2.75) is 79.1 Å². The SMILES string of the molecule is CCCCC(CC)COc1cc([Si](OC)(OC)OC)c(OCC(CC)CCCC)cc1Br. The molecular weight excluding hydrogens is 488 g/mol. The molecule has 32 heavy (non-hydrogen) atoms. The largest absolute Gasteiger partial charge is 0.540 e. The maximum atomic E-state index is 6.34. The van der Waals surface area contributed by atoms with Crippen molar-refractivity contribution in [2.24, 2.45) is 11.8 Å². The van der Waals surface area contributed by atoms with E-state index >= 15 is 0 Å². The van der Waals surface area contributed by atoms with Gasteiger partial charge in [-0.3, -0.25) is 0 Å². The fourth-order valence-corrected chi connectivity index (χ4v) is 6.15. The predicted octanol–water partition coefficient (Wildman–Crippen LogP) is 6.72. The summed E-state index contributed by atoms with van der Waals surface area (Å²) in [4.78, 5) is 0. The highest BCUT2D eigenvalue weighted by Gasteiger charge is 2.44. The number of hydrogen-bond acceptors (Lipinski definition) is 5. The van der Waals surface area contributed by atoms with Crippen molar-refractivity contribution in [1.29, 1.82) is 0 Å². The van der Waals surface area contributed by atoms with Crippen LogP contribution in [0.1, 0.15) is 79.1 Å². The van der Waals surface area contributed by atoms with Crippen LogP contribution in [0.15, 0.2) is 16.6 Å². The minimum Gasteiger partial charge on any atom is -0.493 e. The molecule has 186 valence electrons. The molecule has 5 nitrogen and oxygen atoms in total. The number of hydrogen-bond donors (Lipinski definition) is 0. The Morgan fingerprint density at radius 2 is 1.22 bits per heavy atom. The summed E-state index contributed by atoms with van der Waals surface area (Å²) in [6, 6.07) is 3.95. The molecule has 0 heterocycles. The van der Waals surface area contributed by atoms with Crippen molar-refractivity contribution in [3.8, 4) is 11.5 Å². The molecule has 0 aromatic heterocycles. The van der Waals surface area contributed by atoms with Crippen molar-refractivity contribution in [3.63, 3.8) is 0 Å². The summed E-state index contributed by atoms with van der Waals surface area (Å²) < 4.78 is 30.9. The molecule has 1 aromatic rings. The van der Waals surface area contributed by atoms with E-state index < -0.39 is 8.80 Å². The lowest BCUT2D eigenvalue weighted by atomic mass is 10.0. The van der Waals surface area contributed by atoms with Gasteiger partial charge in [-0.2, -0.15) is 0 Å². The fourth-order valence-electron chi connectivity index (χ4n) is 3.80. The molecule has 0 bridgehead atoms. The highest BCUT2D eigenvalue weighted by atomic mass is 79.9. The zero-order valence-corrected chi connectivity index (χ0v) is 23.9. The maximum Gasteiger partial charge on any atom is 0.540 e. The zero-order valence-electron chi connectivity index (χ0n) is 21.3. The third-order valence-corrected chi connectivity index (χ3v) is 9.49. The van der Waals surface area contributed by atoms with E-state index in [1.165, 1.54) is 38.5 Å². The van der Waals surface area contributed by atoms with Crippen molar-refractivity contribution >= 4 is 29.9 Å². The Bertz CT molecular complexity index is 631. The first-order valence-corrected chi connectivity index (χ1v) is 14.7. The van der Waals surface area contributed by atoms with Crippen molar-refractivity contribution in [1.82, 2.24) is 0 Å². The molecule has 0 amide bonds. The zero-order chi connectivity index (χ0) is 24.0. The number of benzene rings is 1. The molecule has 0 aliphatic heterocycles. The van der Waals surface area contributed by atoms with Crippen LogP contribution in [0.4, 0.5) is 0 Å². The van der Waals surface area contributed by atoms with Gasteiger partial charge in [0.15, 0.2) is 0 Å². The second-order valence-electron chi connectivity index (χ2n) is 8.40. The summed E-state index contributed by atoms with van der Waals surface area (Å²) in [5.41, 5.74) is 0. The van der Waals surface area contributed by atoms with Crippen LogP contribution in [-0.4, -0.2) is 43.3 Å². The monoisotopic (exact) mass is 532 g/mol.